The Bertz CT molecular complexity index is 852. The molecule has 2 aromatic rings. The molecule has 4 rings (SSSR count). The number of aromatic nitrogens is 1. The molecule has 0 bridgehead atoms. The summed E-state index contributed by atoms with van der Waals surface area (Å²) in [6.07, 6.45) is 2.49. The second-order valence-corrected chi connectivity index (χ2v) is 8.75. The van der Waals surface area contributed by atoms with Crippen LogP contribution in [0.2, 0.25) is 0 Å². The minimum absolute atomic E-state index is 0.242. The van der Waals surface area contributed by atoms with Crippen LogP contribution < -0.4 is 10.2 Å². The normalized spacial score (nSPS) is 21.3. The Labute approximate surface area is 160 Å². The summed E-state index contributed by atoms with van der Waals surface area (Å²) in [5, 5.41) is 3.54. The number of hydrogen-bond acceptors (Lipinski definition) is 6. The Morgan fingerprint density at radius 1 is 1.04 bits per heavy atom. The molecule has 3 heterocycles. The van der Waals surface area contributed by atoms with Gasteiger partial charge in [0.1, 0.15) is 10.7 Å². The fourth-order valence-corrected chi connectivity index (χ4v) is 4.86. The quantitative estimate of drug-likeness (QED) is 0.842. The Morgan fingerprint density at radius 3 is 2.52 bits per heavy atom. The second-order valence-electron chi connectivity index (χ2n) is 6.81. The first kappa shape index (κ1) is 18.2. The molecule has 0 amide bonds. The van der Waals surface area contributed by atoms with E-state index in [0.717, 1.165) is 31.0 Å². The van der Waals surface area contributed by atoms with Gasteiger partial charge in [0.2, 0.25) is 10.0 Å². The minimum Gasteiger partial charge on any atom is -0.380 e. The zero-order chi connectivity index (χ0) is 18.7. The average Bonchev–Trinajstić information content (AvgIpc) is 3.18. The number of sulfonamides is 1. The van der Waals surface area contributed by atoms with Crippen molar-refractivity contribution in [3.8, 4) is 0 Å². The van der Waals surface area contributed by atoms with E-state index in [1.165, 1.54) is 10.5 Å². The predicted octanol–water partition coefficient (Wildman–Crippen LogP) is 1.79. The van der Waals surface area contributed by atoms with E-state index >= 15 is 0 Å². The average molecular weight is 388 g/mol. The van der Waals surface area contributed by atoms with E-state index in [-0.39, 0.29) is 4.90 Å². The third kappa shape index (κ3) is 4.07. The molecule has 2 saturated heterocycles. The minimum atomic E-state index is -3.49. The van der Waals surface area contributed by atoms with Gasteiger partial charge in [-0.3, -0.25) is 0 Å². The first-order valence-corrected chi connectivity index (χ1v) is 10.7. The molecule has 1 aromatic heterocycles. The van der Waals surface area contributed by atoms with Crippen molar-refractivity contribution in [3.05, 3.63) is 48.7 Å². The number of para-hydroxylation sites is 1. The molecule has 1 aromatic carbocycles. The predicted molar refractivity (Wildman–Crippen MR) is 104 cm³/mol. The van der Waals surface area contributed by atoms with Gasteiger partial charge in [0.05, 0.1) is 13.2 Å². The van der Waals surface area contributed by atoms with Crippen LogP contribution in [0.25, 0.3) is 0 Å². The van der Waals surface area contributed by atoms with E-state index in [4.69, 9.17) is 4.74 Å². The largest absolute Gasteiger partial charge is 0.380 e. The summed E-state index contributed by atoms with van der Waals surface area (Å²) in [6, 6.07) is 14.0. The summed E-state index contributed by atoms with van der Waals surface area (Å²) >= 11 is 0. The Kier molecular flexibility index (Phi) is 5.29. The number of rotatable bonds is 5. The van der Waals surface area contributed by atoms with Crippen LogP contribution in [0, 0.1) is 0 Å². The van der Waals surface area contributed by atoms with Gasteiger partial charge < -0.3 is 15.0 Å². The molecule has 2 aliphatic heterocycles. The molecular formula is C19H24N4O3S. The van der Waals surface area contributed by atoms with Crippen molar-refractivity contribution >= 4 is 21.5 Å². The van der Waals surface area contributed by atoms with Gasteiger partial charge in [0.15, 0.2) is 0 Å². The van der Waals surface area contributed by atoms with Gasteiger partial charge in [0, 0.05) is 44.1 Å². The van der Waals surface area contributed by atoms with Crippen molar-refractivity contribution in [3.63, 3.8) is 0 Å². The van der Waals surface area contributed by atoms with Crippen molar-refractivity contribution < 1.29 is 13.2 Å². The number of morpholine rings is 1. The molecule has 7 nitrogen and oxygen atoms in total. The number of hydrogen-bond donors (Lipinski definition) is 1. The highest BCUT2D eigenvalue weighted by atomic mass is 32.2. The molecule has 2 fully saturated rings. The van der Waals surface area contributed by atoms with Crippen molar-refractivity contribution in [2.45, 2.75) is 17.4 Å². The zero-order valence-corrected chi connectivity index (χ0v) is 15.9. The summed E-state index contributed by atoms with van der Waals surface area (Å²) in [7, 11) is -3.49. The fraction of sp³-hybridized carbons (Fsp3) is 0.421. The van der Waals surface area contributed by atoms with Crippen LogP contribution in [0.4, 0.5) is 11.5 Å². The third-order valence-corrected chi connectivity index (χ3v) is 6.87. The zero-order valence-electron chi connectivity index (χ0n) is 15.1. The monoisotopic (exact) mass is 388 g/mol. The van der Waals surface area contributed by atoms with Gasteiger partial charge >= 0.3 is 0 Å². The number of nitrogens with one attached hydrogen (secondary N) is 1. The lowest BCUT2D eigenvalue weighted by Gasteiger charge is -2.26. The van der Waals surface area contributed by atoms with Crippen LogP contribution in [-0.2, 0) is 14.8 Å². The van der Waals surface area contributed by atoms with Crippen LogP contribution in [0.3, 0.4) is 0 Å². The highest BCUT2D eigenvalue weighted by Gasteiger charge is 2.28. The van der Waals surface area contributed by atoms with Crippen molar-refractivity contribution in [2.75, 3.05) is 49.6 Å². The van der Waals surface area contributed by atoms with Gasteiger partial charge in [-0.25, -0.2) is 13.4 Å². The van der Waals surface area contributed by atoms with Gasteiger partial charge in [-0.15, -0.1) is 0 Å². The lowest BCUT2D eigenvalue weighted by molar-refractivity contribution is 0.0730. The molecule has 1 unspecified atom stereocenters. The maximum absolute atomic E-state index is 12.7. The number of benzene rings is 1. The van der Waals surface area contributed by atoms with Crippen molar-refractivity contribution in [1.29, 1.82) is 0 Å². The van der Waals surface area contributed by atoms with Crippen LogP contribution in [0.15, 0.2) is 53.6 Å². The number of ether oxygens (including phenoxy) is 1. The van der Waals surface area contributed by atoms with Crippen molar-refractivity contribution in [2.24, 2.45) is 0 Å². The lowest BCUT2D eigenvalue weighted by Crippen LogP contribution is -2.40. The second kappa shape index (κ2) is 7.84. The Balaban J connectivity index is 1.40. The topological polar surface area (TPSA) is 74.8 Å². The number of anilines is 2. The lowest BCUT2D eigenvalue weighted by atomic mass is 10.2. The van der Waals surface area contributed by atoms with Crippen molar-refractivity contribution in [1.82, 2.24) is 9.29 Å². The van der Waals surface area contributed by atoms with Gasteiger partial charge in [-0.05, 0) is 30.7 Å². The summed E-state index contributed by atoms with van der Waals surface area (Å²) in [4.78, 5) is 6.85. The maximum atomic E-state index is 12.7. The van der Waals surface area contributed by atoms with Crippen LogP contribution in [0.5, 0.6) is 0 Å². The highest BCUT2D eigenvalue weighted by Crippen LogP contribution is 2.23. The van der Waals surface area contributed by atoms with E-state index < -0.39 is 10.0 Å². The first-order valence-electron chi connectivity index (χ1n) is 9.23. The number of nitrogens with zero attached hydrogens (tertiary/aromatic N) is 3. The SMILES string of the molecule is O=S(=O)(c1ccc(N2CCC(Nc3ccccc3)C2)nc1)N1CCOCC1. The highest BCUT2D eigenvalue weighted by molar-refractivity contribution is 7.89. The molecular weight excluding hydrogens is 364 g/mol. The summed E-state index contributed by atoms with van der Waals surface area (Å²) in [5.74, 6) is 0.813. The Morgan fingerprint density at radius 2 is 1.81 bits per heavy atom. The first-order chi connectivity index (χ1) is 13.1. The molecule has 144 valence electrons. The molecule has 0 aliphatic carbocycles. The molecule has 0 radical (unpaired) electrons. The van der Waals surface area contributed by atoms with E-state index in [9.17, 15) is 8.42 Å². The smallest absolute Gasteiger partial charge is 0.244 e. The summed E-state index contributed by atoms with van der Waals surface area (Å²) < 4.78 is 32.1. The maximum Gasteiger partial charge on any atom is 0.244 e. The molecule has 8 heteroatoms. The van der Waals surface area contributed by atoms with E-state index in [2.05, 4.69) is 27.3 Å². The molecule has 27 heavy (non-hydrogen) atoms. The Hall–Kier alpha value is -2.16. The van der Waals surface area contributed by atoms with Gasteiger partial charge in [-0.2, -0.15) is 4.31 Å². The number of pyridine rings is 1. The van der Waals surface area contributed by atoms with Crippen LogP contribution in [-0.4, -0.2) is 63.1 Å². The molecule has 0 spiro atoms. The molecule has 1 N–H and O–H groups in total. The third-order valence-electron chi connectivity index (χ3n) is 4.99. The summed E-state index contributed by atoms with van der Waals surface area (Å²) in [5.41, 5.74) is 1.12. The van der Waals surface area contributed by atoms with E-state index in [1.54, 1.807) is 12.1 Å². The van der Waals surface area contributed by atoms with Crippen LogP contribution >= 0.6 is 0 Å². The van der Waals surface area contributed by atoms with Gasteiger partial charge in [0.25, 0.3) is 0 Å². The standard InChI is InChI=1S/C19H24N4O3S/c24-27(25,23-10-12-26-13-11-23)18-6-7-19(20-14-18)22-9-8-17(15-22)21-16-4-2-1-3-5-16/h1-7,14,17,21H,8-13,15H2. The fourth-order valence-electron chi connectivity index (χ4n) is 3.50. The van der Waals surface area contributed by atoms with E-state index in [0.29, 0.717) is 32.3 Å². The molecule has 2 aliphatic rings. The van der Waals surface area contributed by atoms with Gasteiger partial charge in [-0.1, -0.05) is 18.2 Å². The summed E-state index contributed by atoms with van der Waals surface area (Å²) in [6.45, 7) is 3.40. The van der Waals surface area contributed by atoms with Crippen LogP contribution in [0.1, 0.15) is 6.42 Å². The molecule has 0 saturated carbocycles. The van der Waals surface area contributed by atoms with E-state index in [1.807, 2.05) is 18.2 Å². The molecule has 1 atom stereocenters.